The predicted octanol–water partition coefficient (Wildman–Crippen LogP) is 2.39. The lowest BCUT2D eigenvalue weighted by molar-refractivity contribution is 0.482. The molecule has 0 aliphatic rings. The van der Waals surface area contributed by atoms with Crippen LogP contribution in [0.1, 0.15) is 44.2 Å². The first-order valence-corrected chi connectivity index (χ1v) is 7.94. The number of aryl methyl sites for hydroxylation is 1. The van der Waals surface area contributed by atoms with Crippen LogP contribution in [0.15, 0.2) is 11.0 Å². The summed E-state index contributed by atoms with van der Waals surface area (Å²) in [5.41, 5.74) is 13.5. The number of nitrogens with two attached hydrogens (primary N) is 2. The van der Waals surface area contributed by atoms with Crippen LogP contribution in [-0.2, 0) is 23.0 Å². The van der Waals surface area contributed by atoms with Gasteiger partial charge in [0.1, 0.15) is 4.90 Å². The molecule has 1 aromatic rings. The Bertz CT molecular complexity index is 553. The van der Waals surface area contributed by atoms with E-state index >= 15 is 0 Å². The molecular weight excluding hydrogens is 264 g/mol. The summed E-state index contributed by atoms with van der Waals surface area (Å²) in [6.07, 6.45) is 3.71. The number of hydrogen-bond acceptors (Lipinski definition) is 4. The van der Waals surface area contributed by atoms with Gasteiger partial charge in [-0.1, -0.05) is 26.7 Å². The number of anilines is 2. The van der Waals surface area contributed by atoms with Gasteiger partial charge in [0, 0.05) is 5.69 Å². The summed E-state index contributed by atoms with van der Waals surface area (Å²) in [6, 6.07) is 1.73. The molecule has 0 radical (unpaired) electrons. The lowest BCUT2D eigenvalue weighted by Gasteiger charge is -2.16. The molecule has 108 valence electrons. The van der Waals surface area contributed by atoms with Gasteiger partial charge in [-0.2, -0.15) is 8.42 Å². The minimum atomic E-state index is -4.36. The Morgan fingerprint density at radius 2 is 1.79 bits per heavy atom. The van der Waals surface area contributed by atoms with Crippen LogP contribution in [0.3, 0.4) is 0 Å². The van der Waals surface area contributed by atoms with Crippen LogP contribution in [0.25, 0.3) is 0 Å². The van der Waals surface area contributed by atoms with Gasteiger partial charge >= 0.3 is 0 Å². The van der Waals surface area contributed by atoms with Crippen molar-refractivity contribution in [2.75, 3.05) is 11.5 Å². The number of rotatable bonds is 6. The zero-order chi connectivity index (χ0) is 14.6. The van der Waals surface area contributed by atoms with Crippen molar-refractivity contribution in [3.05, 3.63) is 17.2 Å². The SMILES string of the molecule is CCCCc1cc(N)c(CCC)c(S(=O)(=O)O)c1N. The molecule has 0 saturated heterocycles. The molecule has 19 heavy (non-hydrogen) atoms. The summed E-state index contributed by atoms with van der Waals surface area (Å²) in [7, 11) is -4.36. The zero-order valence-electron chi connectivity index (χ0n) is 11.4. The molecule has 6 heteroatoms. The molecule has 0 saturated carbocycles. The highest BCUT2D eigenvalue weighted by Gasteiger charge is 2.23. The van der Waals surface area contributed by atoms with Crippen LogP contribution in [0.4, 0.5) is 11.4 Å². The minimum Gasteiger partial charge on any atom is -0.398 e. The number of nitrogen functional groups attached to an aromatic ring is 2. The van der Waals surface area contributed by atoms with Crippen LogP contribution in [0, 0.1) is 0 Å². The molecule has 5 N–H and O–H groups in total. The average Bonchev–Trinajstić information content (AvgIpc) is 2.30. The molecule has 0 unspecified atom stereocenters. The second-order valence-corrected chi connectivity index (χ2v) is 6.03. The van der Waals surface area contributed by atoms with E-state index < -0.39 is 10.1 Å². The number of unbranched alkanes of at least 4 members (excludes halogenated alkanes) is 1. The fourth-order valence-electron chi connectivity index (χ4n) is 2.17. The molecular formula is C13H22N2O3S. The quantitative estimate of drug-likeness (QED) is 0.550. The molecule has 0 amide bonds. The second-order valence-electron chi connectivity index (χ2n) is 4.67. The van der Waals surface area contributed by atoms with Gasteiger partial charge in [0.25, 0.3) is 10.1 Å². The smallest absolute Gasteiger partial charge is 0.296 e. The van der Waals surface area contributed by atoms with Crippen molar-refractivity contribution in [1.82, 2.24) is 0 Å². The van der Waals surface area contributed by atoms with Crippen LogP contribution < -0.4 is 11.5 Å². The van der Waals surface area contributed by atoms with Crippen molar-refractivity contribution in [2.45, 2.75) is 50.8 Å². The fraction of sp³-hybridized carbons (Fsp3) is 0.538. The first kappa shape index (κ1) is 15.8. The van der Waals surface area contributed by atoms with Gasteiger partial charge in [-0.15, -0.1) is 0 Å². The molecule has 5 nitrogen and oxygen atoms in total. The average molecular weight is 286 g/mol. The lowest BCUT2D eigenvalue weighted by Crippen LogP contribution is -2.12. The van der Waals surface area contributed by atoms with Crippen molar-refractivity contribution in [3.8, 4) is 0 Å². The van der Waals surface area contributed by atoms with E-state index in [1.807, 2.05) is 13.8 Å². The van der Waals surface area contributed by atoms with Gasteiger partial charge in [0.05, 0.1) is 5.69 Å². The van der Waals surface area contributed by atoms with E-state index in [1.165, 1.54) is 0 Å². The van der Waals surface area contributed by atoms with Crippen LogP contribution >= 0.6 is 0 Å². The van der Waals surface area contributed by atoms with Crippen molar-refractivity contribution in [3.63, 3.8) is 0 Å². The van der Waals surface area contributed by atoms with E-state index in [2.05, 4.69) is 0 Å². The standard InChI is InChI=1S/C13H22N2O3S/c1-3-5-7-9-8-11(14)10(6-4-2)13(12(9)15)19(16,17)18/h8H,3-7,14-15H2,1-2H3,(H,16,17,18). The monoisotopic (exact) mass is 286 g/mol. The first-order valence-electron chi connectivity index (χ1n) is 6.50. The third-order valence-electron chi connectivity index (χ3n) is 3.10. The van der Waals surface area contributed by atoms with Gasteiger partial charge in [0.2, 0.25) is 0 Å². The topological polar surface area (TPSA) is 106 Å². The van der Waals surface area contributed by atoms with Crippen LogP contribution in [0.2, 0.25) is 0 Å². The number of hydrogen-bond donors (Lipinski definition) is 3. The molecule has 1 aromatic carbocycles. The van der Waals surface area contributed by atoms with E-state index in [4.69, 9.17) is 11.5 Å². The van der Waals surface area contributed by atoms with Crippen molar-refractivity contribution in [1.29, 1.82) is 0 Å². The molecule has 1 rings (SSSR count). The maximum absolute atomic E-state index is 11.5. The Balaban J connectivity index is 3.48. The largest absolute Gasteiger partial charge is 0.398 e. The van der Waals surface area contributed by atoms with Gasteiger partial charge in [-0.25, -0.2) is 0 Å². The highest BCUT2D eigenvalue weighted by molar-refractivity contribution is 7.86. The van der Waals surface area contributed by atoms with Gasteiger partial charge in [-0.3, -0.25) is 4.55 Å². The molecule has 0 aliphatic heterocycles. The molecule has 0 bridgehead atoms. The summed E-state index contributed by atoms with van der Waals surface area (Å²) < 4.78 is 32.5. The Morgan fingerprint density at radius 3 is 2.26 bits per heavy atom. The molecule has 0 spiro atoms. The fourth-order valence-corrected chi connectivity index (χ4v) is 3.11. The normalized spacial score (nSPS) is 11.7. The van der Waals surface area contributed by atoms with E-state index in [-0.39, 0.29) is 10.6 Å². The first-order chi connectivity index (χ1) is 8.82. The lowest BCUT2D eigenvalue weighted by atomic mass is 10.00. The molecule has 0 aliphatic carbocycles. The highest BCUT2D eigenvalue weighted by atomic mass is 32.2. The Kier molecular flexibility index (Phi) is 5.20. The third kappa shape index (κ3) is 3.61. The summed E-state index contributed by atoms with van der Waals surface area (Å²) in [5.74, 6) is 0. The van der Waals surface area contributed by atoms with Gasteiger partial charge in [0.15, 0.2) is 0 Å². The Labute approximate surface area is 114 Å². The van der Waals surface area contributed by atoms with E-state index in [0.717, 1.165) is 19.3 Å². The van der Waals surface area contributed by atoms with Crippen LogP contribution in [-0.4, -0.2) is 13.0 Å². The minimum absolute atomic E-state index is 0.133. The van der Waals surface area contributed by atoms with Gasteiger partial charge in [-0.05, 0) is 36.5 Å². The van der Waals surface area contributed by atoms with Crippen LogP contribution in [0.5, 0.6) is 0 Å². The third-order valence-corrected chi connectivity index (χ3v) is 4.08. The summed E-state index contributed by atoms with van der Waals surface area (Å²) >= 11 is 0. The summed E-state index contributed by atoms with van der Waals surface area (Å²) in [4.78, 5) is -0.208. The van der Waals surface area contributed by atoms with Crippen molar-refractivity contribution in [2.24, 2.45) is 0 Å². The van der Waals surface area contributed by atoms with Gasteiger partial charge < -0.3 is 11.5 Å². The van der Waals surface area contributed by atoms with Crippen molar-refractivity contribution < 1.29 is 13.0 Å². The molecule has 0 atom stereocenters. The summed E-state index contributed by atoms with van der Waals surface area (Å²) in [6.45, 7) is 3.95. The predicted molar refractivity (Wildman–Crippen MR) is 77.7 cm³/mol. The highest BCUT2D eigenvalue weighted by Crippen LogP contribution is 2.33. The van der Waals surface area contributed by atoms with E-state index in [9.17, 15) is 13.0 Å². The Hall–Kier alpha value is -1.27. The van der Waals surface area contributed by atoms with E-state index in [1.54, 1.807) is 6.07 Å². The second kappa shape index (κ2) is 6.25. The number of benzene rings is 1. The van der Waals surface area contributed by atoms with E-state index in [0.29, 0.717) is 29.7 Å². The maximum Gasteiger partial charge on any atom is 0.296 e. The summed E-state index contributed by atoms with van der Waals surface area (Å²) in [5, 5.41) is 0. The van der Waals surface area contributed by atoms with Crippen molar-refractivity contribution >= 4 is 21.5 Å². The Morgan fingerprint density at radius 1 is 1.16 bits per heavy atom. The molecule has 0 fully saturated rings. The molecule has 0 aromatic heterocycles. The maximum atomic E-state index is 11.5. The zero-order valence-corrected chi connectivity index (χ0v) is 12.3. The molecule has 0 heterocycles.